The van der Waals surface area contributed by atoms with Crippen LogP contribution in [0.3, 0.4) is 0 Å². The van der Waals surface area contributed by atoms with Crippen molar-refractivity contribution in [1.82, 2.24) is 9.55 Å². The lowest BCUT2D eigenvalue weighted by Gasteiger charge is -2.38. The molecule has 1 aliphatic heterocycles. The highest BCUT2D eigenvalue weighted by Crippen LogP contribution is 2.41. The summed E-state index contributed by atoms with van der Waals surface area (Å²) in [5.41, 5.74) is 10.9. The zero-order valence-corrected chi connectivity index (χ0v) is 16.7. The number of rotatable bonds is 3. The summed E-state index contributed by atoms with van der Waals surface area (Å²) in [4.78, 5) is 4.59. The van der Waals surface area contributed by atoms with Crippen molar-refractivity contribution >= 4 is 17.1 Å². The summed E-state index contributed by atoms with van der Waals surface area (Å²) in [5.74, 6) is 0.648. The number of hydrogen-bond donors (Lipinski definition) is 3. The van der Waals surface area contributed by atoms with Gasteiger partial charge in [0.2, 0.25) is 0 Å². The van der Waals surface area contributed by atoms with Crippen LogP contribution in [-0.4, -0.2) is 21.3 Å². The summed E-state index contributed by atoms with van der Waals surface area (Å²) >= 11 is 0. The van der Waals surface area contributed by atoms with Gasteiger partial charge < -0.3 is 21.0 Å². The number of benzene rings is 1. The lowest BCUT2D eigenvalue weighted by Crippen LogP contribution is -2.41. The minimum atomic E-state index is -0.217. The highest BCUT2D eigenvalue weighted by atomic mass is 15.1. The van der Waals surface area contributed by atoms with Crippen LogP contribution in [0.4, 0.5) is 5.69 Å². The Hall–Kier alpha value is -3.08. The number of nitrogens with zero attached hydrogens (tertiary/aromatic N) is 2. The Bertz CT molecular complexity index is 1020. The lowest BCUT2D eigenvalue weighted by atomic mass is 9.75. The van der Waals surface area contributed by atoms with Crippen LogP contribution < -0.4 is 11.1 Å². The number of nitrogens with two attached hydrogens (primary N) is 1. The number of imidazole rings is 1. The lowest BCUT2D eigenvalue weighted by molar-refractivity contribution is 0.478. The maximum absolute atomic E-state index is 9.12. The van der Waals surface area contributed by atoms with Crippen molar-refractivity contribution in [3.63, 3.8) is 0 Å². The number of aryl methyl sites for hydroxylation is 1. The summed E-state index contributed by atoms with van der Waals surface area (Å²) in [6, 6.07) is 5.83. The van der Waals surface area contributed by atoms with E-state index in [0.29, 0.717) is 11.4 Å². The quantitative estimate of drug-likeness (QED) is 0.754. The van der Waals surface area contributed by atoms with E-state index in [9.17, 15) is 0 Å². The van der Waals surface area contributed by atoms with Crippen LogP contribution >= 0.6 is 0 Å². The zero-order chi connectivity index (χ0) is 20.1. The van der Waals surface area contributed by atoms with Gasteiger partial charge in [-0.05, 0) is 23.5 Å². The van der Waals surface area contributed by atoms with Gasteiger partial charge in [-0.1, -0.05) is 50.8 Å². The molecule has 5 nitrogen and oxygen atoms in total. The average Bonchev–Trinajstić information content (AvgIpc) is 3.06. The molecule has 2 heterocycles. The van der Waals surface area contributed by atoms with Crippen molar-refractivity contribution in [2.24, 2.45) is 18.2 Å². The van der Waals surface area contributed by atoms with Crippen LogP contribution in [0.5, 0.6) is 0 Å². The predicted molar refractivity (Wildman–Crippen MR) is 115 cm³/mol. The van der Waals surface area contributed by atoms with Gasteiger partial charge in [0.15, 0.2) is 0 Å². The van der Waals surface area contributed by atoms with Crippen molar-refractivity contribution in [3.8, 4) is 0 Å². The van der Waals surface area contributed by atoms with Gasteiger partial charge in [0.25, 0.3) is 0 Å². The molecular formula is C23H27N5. The van der Waals surface area contributed by atoms with E-state index in [1.807, 2.05) is 36.0 Å². The molecule has 1 aromatic carbocycles. The third kappa shape index (κ3) is 2.97. The van der Waals surface area contributed by atoms with Gasteiger partial charge in [-0.15, -0.1) is 0 Å². The fraction of sp³-hybridized carbons (Fsp3) is 0.304. The van der Waals surface area contributed by atoms with E-state index >= 15 is 0 Å². The second-order valence-corrected chi connectivity index (χ2v) is 8.39. The smallest absolute Gasteiger partial charge is 0.119 e. The fourth-order valence-corrected chi connectivity index (χ4v) is 4.10. The molecule has 28 heavy (non-hydrogen) atoms. The molecule has 5 heteroatoms. The maximum atomic E-state index is 9.12. The largest absolute Gasteiger partial charge is 0.399 e. The molecule has 0 saturated heterocycles. The topological polar surface area (TPSA) is 79.7 Å². The van der Waals surface area contributed by atoms with Crippen LogP contribution in [-0.2, 0) is 7.05 Å². The molecule has 2 unspecified atom stereocenters. The van der Waals surface area contributed by atoms with Gasteiger partial charge in [0.05, 0.1) is 17.7 Å². The van der Waals surface area contributed by atoms with Gasteiger partial charge in [-0.25, -0.2) is 4.98 Å². The molecule has 0 amide bonds. The first-order chi connectivity index (χ1) is 13.3. The molecular weight excluding hydrogens is 346 g/mol. The number of nitrogens with one attached hydrogen (secondary N) is 2. The first-order valence-corrected chi connectivity index (χ1v) is 9.58. The monoisotopic (exact) mass is 373 g/mol. The van der Waals surface area contributed by atoms with E-state index in [1.165, 1.54) is 5.57 Å². The predicted octanol–water partition coefficient (Wildman–Crippen LogP) is 4.21. The van der Waals surface area contributed by atoms with Gasteiger partial charge >= 0.3 is 0 Å². The Morgan fingerprint density at radius 2 is 2.18 bits per heavy atom. The molecule has 2 aromatic rings. The third-order valence-corrected chi connectivity index (χ3v) is 5.72. The number of fused-ring (bicyclic) bond motifs is 1. The Kier molecular flexibility index (Phi) is 4.26. The molecule has 0 saturated carbocycles. The molecule has 0 bridgehead atoms. The van der Waals surface area contributed by atoms with Crippen LogP contribution in [0.25, 0.3) is 5.70 Å². The summed E-state index contributed by atoms with van der Waals surface area (Å²) in [7, 11) is 1.98. The summed E-state index contributed by atoms with van der Waals surface area (Å²) in [6.07, 6.45) is 11.4. The molecule has 1 aliphatic carbocycles. The molecule has 144 valence electrons. The summed E-state index contributed by atoms with van der Waals surface area (Å²) in [5, 5.41) is 12.8. The molecule has 0 spiro atoms. The van der Waals surface area contributed by atoms with Crippen molar-refractivity contribution in [2.45, 2.75) is 32.2 Å². The van der Waals surface area contributed by atoms with Crippen molar-refractivity contribution in [1.29, 1.82) is 5.41 Å². The normalized spacial score (nSPS) is 23.0. The number of allylic oxidation sites excluding steroid dienone is 2. The van der Waals surface area contributed by atoms with E-state index in [2.05, 4.69) is 49.0 Å². The number of aromatic nitrogens is 2. The average molecular weight is 374 g/mol. The summed E-state index contributed by atoms with van der Waals surface area (Å²) in [6.45, 7) is 8.38. The third-order valence-electron chi connectivity index (χ3n) is 5.72. The van der Waals surface area contributed by atoms with E-state index in [1.54, 1.807) is 6.20 Å². The standard InChI is InChI=1S/C23H27N5/c1-14(24)16-6-5-7-17-18(16)20(25)19(22-26-12-13-28(22)4)21(27-17)15-8-10-23(2,3)11-9-15/h5-10,12-13,19,21,25,27H,1,11,24H2,2-4H3. The SMILES string of the molecule is C=C(N)c1cccc2c1C(=N)C(c1nccn1C)C(C1=CCC(C)(C)C=C1)N2. The maximum Gasteiger partial charge on any atom is 0.119 e. The van der Waals surface area contributed by atoms with Crippen molar-refractivity contribution < 1.29 is 0 Å². The first kappa shape index (κ1) is 18.3. The molecule has 4 rings (SSSR count). The minimum Gasteiger partial charge on any atom is -0.399 e. The second kappa shape index (κ2) is 6.51. The highest BCUT2D eigenvalue weighted by Gasteiger charge is 2.39. The van der Waals surface area contributed by atoms with E-state index < -0.39 is 0 Å². The zero-order valence-electron chi connectivity index (χ0n) is 16.7. The van der Waals surface area contributed by atoms with E-state index in [4.69, 9.17) is 11.1 Å². The molecule has 0 fully saturated rings. The Balaban J connectivity index is 1.86. The molecule has 2 aliphatic rings. The van der Waals surface area contributed by atoms with Crippen LogP contribution in [0.2, 0.25) is 0 Å². The van der Waals surface area contributed by atoms with Crippen LogP contribution in [0.1, 0.15) is 43.1 Å². The fourth-order valence-electron chi connectivity index (χ4n) is 4.10. The number of hydrogen-bond acceptors (Lipinski definition) is 4. The Morgan fingerprint density at radius 1 is 1.39 bits per heavy atom. The van der Waals surface area contributed by atoms with Gasteiger partial charge in [0, 0.05) is 42.0 Å². The van der Waals surface area contributed by atoms with Crippen molar-refractivity contribution in [2.75, 3.05) is 5.32 Å². The number of anilines is 1. The van der Waals surface area contributed by atoms with Gasteiger partial charge in [0.1, 0.15) is 5.82 Å². The molecule has 2 atom stereocenters. The van der Waals surface area contributed by atoms with E-state index in [-0.39, 0.29) is 17.4 Å². The molecule has 0 radical (unpaired) electrons. The van der Waals surface area contributed by atoms with Gasteiger partial charge in [-0.3, -0.25) is 0 Å². The second-order valence-electron chi connectivity index (χ2n) is 8.39. The first-order valence-electron chi connectivity index (χ1n) is 9.58. The highest BCUT2D eigenvalue weighted by molar-refractivity contribution is 6.12. The van der Waals surface area contributed by atoms with Crippen LogP contribution in [0, 0.1) is 10.8 Å². The van der Waals surface area contributed by atoms with E-state index in [0.717, 1.165) is 29.1 Å². The Morgan fingerprint density at radius 3 is 2.79 bits per heavy atom. The minimum absolute atomic E-state index is 0.0604. The van der Waals surface area contributed by atoms with Crippen LogP contribution in [0.15, 0.2) is 61.0 Å². The molecule has 4 N–H and O–H groups in total. The molecule has 1 aromatic heterocycles. The van der Waals surface area contributed by atoms with Crippen molar-refractivity contribution in [3.05, 3.63) is 77.9 Å². The van der Waals surface area contributed by atoms with Gasteiger partial charge in [-0.2, -0.15) is 0 Å². The summed E-state index contributed by atoms with van der Waals surface area (Å²) < 4.78 is 2.00. The Labute approximate surface area is 166 Å².